The van der Waals surface area contributed by atoms with Gasteiger partial charge in [-0.2, -0.15) is 5.10 Å². The highest BCUT2D eigenvalue weighted by Crippen LogP contribution is 2.28. The van der Waals surface area contributed by atoms with E-state index in [1.807, 2.05) is 30.3 Å². The van der Waals surface area contributed by atoms with Crippen LogP contribution in [0.4, 0.5) is 5.13 Å². The molecule has 124 valence electrons. The lowest BCUT2D eigenvalue weighted by atomic mass is 10.1. The number of amides is 1. The van der Waals surface area contributed by atoms with E-state index in [1.54, 1.807) is 17.1 Å². The fourth-order valence-electron chi connectivity index (χ4n) is 2.42. The SMILES string of the molecule is CCC(CC)c1nnc(NC(=O)c2cnn(-c3ccccc3)c2)s1. The van der Waals surface area contributed by atoms with Crippen LogP contribution in [0.15, 0.2) is 42.7 Å². The number of para-hydroxylation sites is 1. The minimum Gasteiger partial charge on any atom is -0.296 e. The van der Waals surface area contributed by atoms with Crippen LogP contribution in [0, 0.1) is 0 Å². The Bertz CT molecular complexity index is 807. The molecule has 0 unspecified atom stereocenters. The smallest absolute Gasteiger partial charge is 0.260 e. The van der Waals surface area contributed by atoms with Crippen LogP contribution >= 0.6 is 11.3 Å². The molecule has 0 spiro atoms. The second-order valence-corrected chi connectivity index (χ2v) is 6.43. The van der Waals surface area contributed by atoms with E-state index in [9.17, 15) is 4.79 Å². The third kappa shape index (κ3) is 3.51. The van der Waals surface area contributed by atoms with Crippen LogP contribution in [0.25, 0.3) is 5.69 Å². The molecule has 1 aromatic carbocycles. The maximum Gasteiger partial charge on any atom is 0.260 e. The Kier molecular flexibility index (Phi) is 5.00. The summed E-state index contributed by atoms with van der Waals surface area (Å²) in [5.74, 6) is 0.165. The van der Waals surface area contributed by atoms with Crippen LogP contribution in [0.5, 0.6) is 0 Å². The van der Waals surface area contributed by atoms with Crippen LogP contribution < -0.4 is 5.32 Å². The Balaban J connectivity index is 1.71. The van der Waals surface area contributed by atoms with Crippen LogP contribution in [0.2, 0.25) is 0 Å². The summed E-state index contributed by atoms with van der Waals surface area (Å²) < 4.78 is 1.67. The van der Waals surface area contributed by atoms with Crippen molar-refractivity contribution in [3.63, 3.8) is 0 Å². The molecule has 0 atom stereocenters. The number of rotatable bonds is 6. The molecule has 0 bridgehead atoms. The van der Waals surface area contributed by atoms with E-state index >= 15 is 0 Å². The van der Waals surface area contributed by atoms with Crippen molar-refractivity contribution >= 4 is 22.4 Å². The van der Waals surface area contributed by atoms with Crippen LogP contribution in [-0.2, 0) is 0 Å². The molecule has 3 rings (SSSR count). The van der Waals surface area contributed by atoms with Crippen molar-refractivity contribution < 1.29 is 4.79 Å². The average Bonchev–Trinajstić information content (AvgIpc) is 3.27. The molecule has 3 aromatic rings. The van der Waals surface area contributed by atoms with Gasteiger partial charge in [-0.05, 0) is 25.0 Å². The fraction of sp³-hybridized carbons (Fsp3) is 0.294. The van der Waals surface area contributed by atoms with Gasteiger partial charge in [-0.1, -0.05) is 43.4 Å². The summed E-state index contributed by atoms with van der Waals surface area (Å²) in [5.41, 5.74) is 1.39. The maximum absolute atomic E-state index is 12.4. The zero-order chi connectivity index (χ0) is 16.9. The van der Waals surface area contributed by atoms with Gasteiger partial charge in [0.2, 0.25) is 5.13 Å². The third-order valence-corrected chi connectivity index (χ3v) is 4.86. The molecular formula is C17H19N5OS. The summed E-state index contributed by atoms with van der Waals surface area (Å²) in [5, 5.41) is 16.8. The summed E-state index contributed by atoms with van der Waals surface area (Å²) in [6.07, 6.45) is 5.28. The summed E-state index contributed by atoms with van der Waals surface area (Å²) in [4.78, 5) is 12.4. The Labute approximate surface area is 144 Å². The first kappa shape index (κ1) is 16.3. The first-order valence-electron chi connectivity index (χ1n) is 7.96. The van der Waals surface area contributed by atoms with Crippen molar-refractivity contribution in [3.8, 4) is 5.69 Å². The monoisotopic (exact) mass is 341 g/mol. The van der Waals surface area contributed by atoms with Gasteiger partial charge in [0.1, 0.15) is 5.01 Å². The van der Waals surface area contributed by atoms with Crippen molar-refractivity contribution in [2.45, 2.75) is 32.6 Å². The molecule has 0 fully saturated rings. The number of nitrogens with zero attached hydrogens (tertiary/aromatic N) is 4. The average molecular weight is 341 g/mol. The number of benzene rings is 1. The molecule has 2 heterocycles. The Morgan fingerprint density at radius 1 is 1.21 bits per heavy atom. The zero-order valence-corrected chi connectivity index (χ0v) is 14.5. The van der Waals surface area contributed by atoms with E-state index in [0.29, 0.717) is 16.6 Å². The maximum atomic E-state index is 12.4. The lowest BCUT2D eigenvalue weighted by Crippen LogP contribution is -2.10. The van der Waals surface area contributed by atoms with Gasteiger partial charge in [0.25, 0.3) is 5.91 Å². The normalized spacial score (nSPS) is 11.0. The summed E-state index contributed by atoms with van der Waals surface area (Å²) >= 11 is 1.43. The molecular weight excluding hydrogens is 322 g/mol. The summed E-state index contributed by atoms with van der Waals surface area (Å²) in [6.45, 7) is 4.26. The zero-order valence-electron chi connectivity index (χ0n) is 13.6. The fourth-order valence-corrected chi connectivity index (χ4v) is 3.42. The molecule has 0 aliphatic carbocycles. The molecule has 0 radical (unpaired) electrons. The van der Waals surface area contributed by atoms with Gasteiger partial charge in [0.15, 0.2) is 0 Å². The molecule has 1 amide bonds. The molecule has 0 saturated carbocycles. The Morgan fingerprint density at radius 2 is 1.96 bits per heavy atom. The van der Waals surface area contributed by atoms with Crippen LogP contribution in [0.3, 0.4) is 0 Å². The van der Waals surface area contributed by atoms with Gasteiger partial charge >= 0.3 is 0 Å². The summed E-state index contributed by atoms with van der Waals surface area (Å²) in [6, 6.07) is 9.66. The molecule has 0 aliphatic heterocycles. The number of carbonyl (C=O) groups is 1. The lowest BCUT2D eigenvalue weighted by molar-refractivity contribution is 0.102. The van der Waals surface area contributed by atoms with E-state index in [4.69, 9.17) is 0 Å². The van der Waals surface area contributed by atoms with Crippen molar-refractivity contribution in [2.75, 3.05) is 5.32 Å². The molecule has 0 saturated heterocycles. The number of carbonyl (C=O) groups excluding carboxylic acids is 1. The van der Waals surface area contributed by atoms with Crippen LogP contribution in [-0.4, -0.2) is 25.9 Å². The highest BCUT2D eigenvalue weighted by Gasteiger charge is 2.16. The number of aromatic nitrogens is 4. The first-order chi connectivity index (χ1) is 11.7. The van der Waals surface area contributed by atoms with Crippen molar-refractivity contribution in [2.24, 2.45) is 0 Å². The van der Waals surface area contributed by atoms with Crippen LogP contribution in [0.1, 0.15) is 48.0 Å². The van der Waals surface area contributed by atoms with Gasteiger partial charge in [0.05, 0.1) is 17.4 Å². The van der Waals surface area contributed by atoms with Gasteiger partial charge in [-0.3, -0.25) is 10.1 Å². The quantitative estimate of drug-likeness (QED) is 0.738. The third-order valence-electron chi connectivity index (χ3n) is 3.86. The predicted molar refractivity (Wildman–Crippen MR) is 94.7 cm³/mol. The molecule has 2 aromatic heterocycles. The molecule has 6 nitrogen and oxygen atoms in total. The van der Waals surface area contributed by atoms with Gasteiger partial charge in [-0.15, -0.1) is 10.2 Å². The Morgan fingerprint density at radius 3 is 2.67 bits per heavy atom. The van der Waals surface area contributed by atoms with E-state index in [1.165, 1.54) is 11.3 Å². The van der Waals surface area contributed by atoms with Gasteiger partial charge in [0, 0.05) is 12.1 Å². The molecule has 0 aliphatic rings. The summed E-state index contributed by atoms with van der Waals surface area (Å²) in [7, 11) is 0. The number of hydrogen-bond donors (Lipinski definition) is 1. The minimum absolute atomic E-state index is 0.232. The van der Waals surface area contributed by atoms with Gasteiger partial charge in [-0.25, -0.2) is 4.68 Å². The second-order valence-electron chi connectivity index (χ2n) is 5.42. The molecule has 24 heavy (non-hydrogen) atoms. The largest absolute Gasteiger partial charge is 0.296 e. The second kappa shape index (κ2) is 7.35. The highest BCUT2D eigenvalue weighted by molar-refractivity contribution is 7.15. The van der Waals surface area contributed by atoms with E-state index in [0.717, 1.165) is 23.5 Å². The topological polar surface area (TPSA) is 72.7 Å². The lowest BCUT2D eigenvalue weighted by Gasteiger charge is -2.05. The van der Waals surface area contributed by atoms with Crippen molar-refractivity contribution in [1.82, 2.24) is 20.0 Å². The standard InChI is InChI=1S/C17H19N5OS/c1-3-12(4-2)16-20-21-17(24-16)19-15(23)13-10-18-22(11-13)14-8-6-5-7-9-14/h5-12H,3-4H2,1-2H3,(H,19,21,23). The molecule has 7 heteroatoms. The van der Waals surface area contributed by atoms with Crippen molar-refractivity contribution in [1.29, 1.82) is 0 Å². The van der Waals surface area contributed by atoms with Gasteiger partial charge < -0.3 is 0 Å². The van der Waals surface area contributed by atoms with E-state index in [2.05, 4.69) is 34.5 Å². The number of anilines is 1. The minimum atomic E-state index is -0.232. The number of hydrogen-bond acceptors (Lipinski definition) is 5. The van der Waals surface area contributed by atoms with E-state index < -0.39 is 0 Å². The highest BCUT2D eigenvalue weighted by atomic mass is 32.1. The molecule has 1 N–H and O–H groups in total. The Hall–Kier alpha value is -2.54. The van der Waals surface area contributed by atoms with Crippen molar-refractivity contribution in [3.05, 3.63) is 53.3 Å². The number of nitrogens with one attached hydrogen (secondary N) is 1. The van der Waals surface area contributed by atoms with E-state index in [-0.39, 0.29) is 5.91 Å². The first-order valence-corrected chi connectivity index (χ1v) is 8.77. The predicted octanol–water partition coefficient (Wildman–Crippen LogP) is 3.88.